The fraction of sp³-hybridized carbons (Fsp3) is 0.242. The minimum absolute atomic E-state index is 0.0110. The Bertz CT molecular complexity index is 1990. The number of nitrogens with zero attached hydrogens (tertiary/aromatic N) is 3. The van der Waals surface area contributed by atoms with E-state index in [1.54, 1.807) is 22.1 Å². The number of thiophene rings is 1. The van der Waals surface area contributed by atoms with E-state index in [0.717, 1.165) is 46.5 Å². The van der Waals surface area contributed by atoms with Crippen molar-refractivity contribution in [3.05, 3.63) is 104 Å². The quantitative estimate of drug-likeness (QED) is 0.106. The summed E-state index contributed by atoms with van der Waals surface area (Å²) in [5, 5.41) is 22.0. The Kier molecular flexibility index (Phi) is 7.76. The summed E-state index contributed by atoms with van der Waals surface area (Å²) in [5.41, 5.74) is 4.88. The van der Waals surface area contributed by atoms with Gasteiger partial charge in [0, 0.05) is 33.4 Å². The number of aromatic carboxylic acids is 1. The van der Waals surface area contributed by atoms with E-state index in [2.05, 4.69) is 29.0 Å². The Morgan fingerprint density at radius 3 is 2.66 bits per heavy atom. The van der Waals surface area contributed by atoms with E-state index in [4.69, 9.17) is 10.2 Å². The van der Waals surface area contributed by atoms with Crippen molar-refractivity contribution in [3.63, 3.8) is 0 Å². The lowest BCUT2D eigenvalue weighted by molar-refractivity contribution is 0.0691. The molecule has 0 aliphatic heterocycles. The van der Waals surface area contributed by atoms with Crippen molar-refractivity contribution in [1.29, 1.82) is 0 Å². The van der Waals surface area contributed by atoms with Crippen LogP contribution in [0.25, 0.3) is 16.4 Å². The Balaban J connectivity index is 1.32. The summed E-state index contributed by atoms with van der Waals surface area (Å²) < 4.78 is 28.4. The summed E-state index contributed by atoms with van der Waals surface area (Å²) >= 11 is 2.98. The second kappa shape index (κ2) is 11.9. The smallest absolute Gasteiger partial charge is 0.355 e. The summed E-state index contributed by atoms with van der Waals surface area (Å²) in [4.78, 5) is 18.4. The van der Waals surface area contributed by atoms with Crippen molar-refractivity contribution in [1.82, 2.24) is 14.8 Å². The van der Waals surface area contributed by atoms with Crippen LogP contribution < -0.4 is 5.14 Å². The number of benzene rings is 2. The molecule has 44 heavy (non-hydrogen) atoms. The van der Waals surface area contributed by atoms with Gasteiger partial charge in [-0.2, -0.15) is 5.10 Å². The number of thiol groups is 1. The molecule has 0 bridgehead atoms. The predicted molar refractivity (Wildman–Crippen MR) is 171 cm³/mol. The van der Waals surface area contributed by atoms with Crippen molar-refractivity contribution in [2.45, 2.75) is 49.3 Å². The molecular weight excluding hydrogens is 616 g/mol. The first-order valence-electron chi connectivity index (χ1n) is 14.3. The number of carbonyl (C=O) groups is 1. The van der Waals surface area contributed by atoms with Crippen LogP contribution in [0.15, 0.2) is 64.9 Å². The molecule has 1 atom stereocenters. The number of nitrogens with two attached hydrogens (primary N) is 1. The van der Waals surface area contributed by atoms with Crippen molar-refractivity contribution in [2.75, 3.05) is 0 Å². The molecule has 7 rings (SSSR count). The van der Waals surface area contributed by atoms with Gasteiger partial charge in [-0.3, -0.25) is 0 Å². The zero-order valence-electron chi connectivity index (χ0n) is 23.5. The van der Waals surface area contributed by atoms with Crippen LogP contribution in [-0.4, -0.2) is 25.8 Å². The molecule has 11 heteroatoms. The molecule has 3 aromatic heterocycles. The molecule has 0 saturated heterocycles. The molecular formula is C33H28FN4O3S3+. The Morgan fingerprint density at radius 1 is 1.11 bits per heavy atom. The van der Waals surface area contributed by atoms with Crippen LogP contribution in [0.5, 0.6) is 0 Å². The normalized spacial score (nSPS) is 15.1. The molecule has 0 spiro atoms. The van der Waals surface area contributed by atoms with E-state index in [-0.39, 0.29) is 10.6 Å². The van der Waals surface area contributed by atoms with Crippen LogP contribution in [-0.2, 0) is 28.0 Å². The maximum atomic E-state index is 14.9. The van der Waals surface area contributed by atoms with Gasteiger partial charge in [0.05, 0.1) is 16.3 Å². The monoisotopic (exact) mass is 643 g/mol. The van der Waals surface area contributed by atoms with E-state index < -0.39 is 22.8 Å². The highest BCUT2D eigenvalue weighted by molar-refractivity contribution is 7.82. The second-order valence-corrected chi connectivity index (χ2v) is 14.3. The largest absolute Gasteiger partial charge is 0.476 e. The average Bonchev–Trinajstić information content (AvgIpc) is 3.88. The first-order chi connectivity index (χ1) is 21.3. The number of rotatable bonds is 9. The molecule has 5 aromatic rings. The number of thiazole rings is 1. The zero-order valence-corrected chi connectivity index (χ0v) is 26.0. The third-order valence-electron chi connectivity index (χ3n) is 7.86. The van der Waals surface area contributed by atoms with Gasteiger partial charge in [-0.1, -0.05) is 34.2 Å². The molecule has 2 saturated carbocycles. The molecule has 2 aromatic carbocycles. The molecule has 2 aliphatic carbocycles. The highest BCUT2D eigenvalue weighted by atomic mass is 32.2. The van der Waals surface area contributed by atoms with Gasteiger partial charge in [-0.25, -0.2) is 18.9 Å². The Hall–Kier alpha value is -3.95. The SMILES string of the molecule is N[SH+](=O)c1ccc(Cc2c(-c3cccc(C#Cc4ccc(C5CC5)s4)c3)nn(-c3nc(C(=O)O)cs3)c2CC2CC2)cc1F. The van der Waals surface area contributed by atoms with Crippen molar-refractivity contribution < 1.29 is 18.5 Å². The van der Waals surface area contributed by atoms with Crippen LogP contribution in [0.3, 0.4) is 0 Å². The molecule has 2 aliphatic rings. The van der Waals surface area contributed by atoms with Gasteiger partial charge in [0.1, 0.15) is 0 Å². The van der Waals surface area contributed by atoms with E-state index in [0.29, 0.717) is 34.6 Å². The summed E-state index contributed by atoms with van der Waals surface area (Å²) in [6.45, 7) is 0. The topological polar surface area (TPSA) is 111 Å². The van der Waals surface area contributed by atoms with E-state index in [9.17, 15) is 18.5 Å². The van der Waals surface area contributed by atoms with Gasteiger partial charge in [-0.15, -0.1) is 27.8 Å². The lowest BCUT2D eigenvalue weighted by atomic mass is 9.96. The van der Waals surface area contributed by atoms with Crippen LogP contribution >= 0.6 is 22.7 Å². The maximum absolute atomic E-state index is 14.9. The lowest BCUT2D eigenvalue weighted by Crippen LogP contribution is -2.07. The number of hydrogen-bond donors (Lipinski definition) is 2. The minimum atomic E-state index is -2.30. The van der Waals surface area contributed by atoms with Gasteiger partial charge in [0.2, 0.25) is 10.0 Å². The van der Waals surface area contributed by atoms with E-state index >= 15 is 0 Å². The number of halogens is 1. The summed E-state index contributed by atoms with van der Waals surface area (Å²) in [5.74, 6) is 6.10. The summed E-state index contributed by atoms with van der Waals surface area (Å²) in [6, 6.07) is 16.8. The van der Waals surface area contributed by atoms with Crippen molar-refractivity contribution in [2.24, 2.45) is 11.1 Å². The molecule has 0 amide bonds. The van der Waals surface area contributed by atoms with E-state index in [1.807, 2.05) is 24.3 Å². The molecule has 222 valence electrons. The fourth-order valence-electron chi connectivity index (χ4n) is 5.25. The summed E-state index contributed by atoms with van der Waals surface area (Å²) in [6.07, 6.45) is 5.82. The molecule has 2 fully saturated rings. The lowest BCUT2D eigenvalue weighted by Gasteiger charge is -2.09. The zero-order chi connectivity index (χ0) is 30.4. The van der Waals surface area contributed by atoms with Crippen LogP contribution in [0.1, 0.15) is 74.2 Å². The Morgan fingerprint density at radius 2 is 1.95 bits per heavy atom. The highest BCUT2D eigenvalue weighted by Gasteiger charge is 2.30. The van der Waals surface area contributed by atoms with E-state index in [1.165, 1.54) is 46.6 Å². The standard InChI is InChI=1S/C33H27FN4O3S3/c34-26-16-21(7-13-30(26)44(35)41)15-25-28(17-20-4-5-20)38(33-36-27(18-42-33)32(39)40)37-31(25)23-3-1-2-19(14-23)6-10-24-11-12-29(43-24)22-8-9-22/h1-3,7,11-14,16,18,20,22H,4-5,8-9,15,17H2,(H2,35,41)(H,39,40)/p+1. The number of hydrogen-bond acceptors (Lipinski definition) is 6. The second-order valence-electron chi connectivity index (χ2n) is 11.2. The van der Waals surface area contributed by atoms with Gasteiger partial charge in [0.25, 0.3) is 0 Å². The van der Waals surface area contributed by atoms with Crippen LogP contribution in [0.2, 0.25) is 0 Å². The molecule has 7 nitrogen and oxygen atoms in total. The fourth-order valence-corrected chi connectivity index (χ4v) is 7.55. The highest BCUT2D eigenvalue weighted by Crippen LogP contribution is 2.43. The molecule has 3 heterocycles. The third-order valence-corrected chi connectivity index (χ3v) is 10.7. The summed E-state index contributed by atoms with van der Waals surface area (Å²) in [7, 11) is -2.30. The van der Waals surface area contributed by atoms with Crippen molar-refractivity contribution in [3.8, 4) is 28.2 Å². The van der Waals surface area contributed by atoms with Crippen LogP contribution in [0, 0.1) is 23.6 Å². The van der Waals surface area contributed by atoms with Gasteiger partial charge >= 0.3 is 5.97 Å². The van der Waals surface area contributed by atoms with Gasteiger partial charge in [-0.05, 0) is 85.9 Å². The minimum Gasteiger partial charge on any atom is -0.476 e. The first kappa shape index (κ1) is 28.8. The van der Waals surface area contributed by atoms with Crippen molar-refractivity contribution >= 4 is 39.6 Å². The average molecular weight is 644 g/mol. The molecule has 3 N–H and O–H groups in total. The number of carboxylic acid groups (broad SMARTS) is 1. The van der Waals surface area contributed by atoms with Crippen LogP contribution in [0.4, 0.5) is 4.39 Å². The Labute approximate surface area is 264 Å². The number of aromatic nitrogens is 3. The van der Waals surface area contributed by atoms with Gasteiger partial charge < -0.3 is 5.11 Å². The van der Waals surface area contributed by atoms with Gasteiger partial charge in [0.15, 0.2) is 22.5 Å². The maximum Gasteiger partial charge on any atom is 0.355 e. The third kappa shape index (κ3) is 6.16. The first-order valence-corrected chi connectivity index (χ1v) is 17.4. The predicted octanol–water partition coefficient (Wildman–Crippen LogP) is 6.64. The molecule has 0 radical (unpaired) electrons. The number of carboxylic acids is 1. The molecule has 1 unspecified atom stereocenters.